The van der Waals surface area contributed by atoms with E-state index in [2.05, 4.69) is 50.4 Å². The molecule has 2 N–H and O–H groups in total. The summed E-state index contributed by atoms with van der Waals surface area (Å²) in [4.78, 5) is 26.3. The summed E-state index contributed by atoms with van der Waals surface area (Å²) in [7, 11) is -2.77. The molecule has 0 bridgehead atoms. The molecule has 0 aliphatic carbocycles. The molecule has 0 amide bonds. The number of nitrogens with zero attached hydrogens (tertiary/aromatic N) is 1. The van der Waals surface area contributed by atoms with Gasteiger partial charge in [-0.25, -0.2) is 9.59 Å². The second kappa shape index (κ2) is 12.8. The zero-order chi connectivity index (χ0) is 28.8. The van der Waals surface area contributed by atoms with E-state index >= 15 is 0 Å². The Labute approximate surface area is 242 Å². The maximum Gasteiger partial charge on any atom is 0.338 e. The van der Waals surface area contributed by atoms with Crippen LogP contribution >= 0.6 is 12.2 Å². The maximum atomic E-state index is 12.3. The van der Waals surface area contributed by atoms with Crippen LogP contribution in [0.4, 0.5) is 0 Å². The molecule has 210 valence electrons. The Morgan fingerprint density at radius 3 is 1.93 bits per heavy atom. The predicted molar refractivity (Wildman–Crippen MR) is 163 cm³/mol. The van der Waals surface area contributed by atoms with E-state index in [0.29, 0.717) is 23.8 Å². The summed E-state index contributed by atoms with van der Waals surface area (Å²) in [6.07, 6.45) is -0.0607. The smallest absolute Gasteiger partial charge is 0.338 e. The van der Waals surface area contributed by atoms with Gasteiger partial charge in [-0.15, -0.1) is 0 Å². The van der Waals surface area contributed by atoms with E-state index in [4.69, 9.17) is 21.4 Å². The third-order valence-corrected chi connectivity index (χ3v) is 12.6. The minimum absolute atomic E-state index is 0.207. The fourth-order valence-electron chi connectivity index (χ4n) is 5.06. The minimum atomic E-state index is -2.77. The molecular formula is C31H36N2O5SSi. The number of aliphatic carboxylic acids is 1. The van der Waals surface area contributed by atoms with Crippen LogP contribution in [0.2, 0.25) is 5.04 Å². The lowest BCUT2D eigenvalue weighted by atomic mass is 10.1. The number of carboxylic acid groups (broad SMARTS) is 1. The largest absolute Gasteiger partial charge is 0.480 e. The van der Waals surface area contributed by atoms with Crippen molar-refractivity contribution in [3.05, 3.63) is 96.6 Å². The maximum absolute atomic E-state index is 12.3. The molecule has 9 heteroatoms. The first-order valence-corrected chi connectivity index (χ1v) is 15.7. The quantitative estimate of drug-likeness (QED) is 0.214. The van der Waals surface area contributed by atoms with Crippen LogP contribution < -0.4 is 15.7 Å². The highest BCUT2D eigenvalue weighted by molar-refractivity contribution is 7.80. The first kappa shape index (κ1) is 29.4. The van der Waals surface area contributed by atoms with Crippen molar-refractivity contribution in [3.63, 3.8) is 0 Å². The zero-order valence-electron chi connectivity index (χ0n) is 23.1. The van der Waals surface area contributed by atoms with Crippen LogP contribution in [-0.4, -0.2) is 67.2 Å². The van der Waals surface area contributed by atoms with Gasteiger partial charge in [0.15, 0.2) is 5.11 Å². The fraction of sp³-hybridized carbons (Fsp3) is 0.323. The number of likely N-dealkylation sites (tertiary alicyclic amines) is 1. The summed E-state index contributed by atoms with van der Waals surface area (Å²) in [5, 5.41) is 15.3. The molecule has 7 nitrogen and oxygen atoms in total. The minimum Gasteiger partial charge on any atom is -0.480 e. The number of hydrogen-bond acceptors (Lipinski definition) is 5. The Hall–Kier alpha value is -3.53. The summed E-state index contributed by atoms with van der Waals surface area (Å²) < 4.78 is 12.4. The molecule has 1 heterocycles. The average molecular weight is 577 g/mol. The molecule has 1 atom stereocenters. The lowest BCUT2D eigenvalue weighted by Gasteiger charge is -2.43. The van der Waals surface area contributed by atoms with E-state index in [1.54, 1.807) is 29.2 Å². The van der Waals surface area contributed by atoms with Gasteiger partial charge in [0.05, 0.1) is 18.7 Å². The van der Waals surface area contributed by atoms with Crippen molar-refractivity contribution in [1.29, 1.82) is 0 Å². The number of carbonyl (C=O) groups excluding carboxylic acids is 1. The SMILES string of the molecule is CC(C)(C)[Si](OCC[C@H](NC(=S)N1CC(OC(=O)c2ccccc2)C1)C(=O)O)(c1ccccc1)c1ccccc1. The molecule has 0 aromatic heterocycles. The van der Waals surface area contributed by atoms with Crippen molar-refractivity contribution in [2.24, 2.45) is 0 Å². The topological polar surface area (TPSA) is 88.1 Å². The van der Waals surface area contributed by atoms with Crippen LogP contribution in [0.25, 0.3) is 0 Å². The van der Waals surface area contributed by atoms with Gasteiger partial charge >= 0.3 is 11.9 Å². The Kier molecular flexibility index (Phi) is 9.39. The zero-order valence-corrected chi connectivity index (χ0v) is 24.9. The van der Waals surface area contributed by atoms with Crippen LogP contribution in [0.5, 0.6) is 0 Å². The Balaban J connectivity index is 1.39. The highest BCUT2D eigenvalue weighted by Crippen LogP contribution is 2.36. The van der Waals surface area contributed by atoms with E-state index in [-0.39, 0.29) is 30.1 Å². The molecule has 0 radical (unpaired) electrons. The Morgan fingerprint density at radius 1 is 0.950 bits per heavy atom. The summed E-state index contributed by atoms with van der Waals surface area (Å²) in [6, 6.07) is 28.4. The third-order valence-electron chi connectivity index (χ3n) is 7.16. The van der Waals surface area contributed by atoms with E-state index in [1.807, 2.05) is 42.5 Å². The number of thiocarbonyl (C=S) groups is 1. The van der Waals surface area contributed by atoms with Gasteiger partial charge in [-0.1, -0.05) is 99.6 Å². The molecule has 1 fully saturated rings. The van der Waals surface area contributed by atoms with Crippen LogP contribution in [0.3, 0.4) is 0 Å². The van der Waals surface area contributed by atoms with Gasteiger partial charge in [0, 0.05) is 13.0 Å². The van der Waals surface area contributed by atoms with E-state index in [9.17, 15) is 14.7 Å². The van der Waals surface area contributed by atoms with Crippen molar-refractivity contribution in [2.75, 3.05) is 19.7 Å². The van der Waals surface area contributed by atoms with E-state index in [0.717, 1.165) is 10.4 Å². The number of carboxylic acids is 1. The van der Waals surface area contributed by atoms with Crippen LogP contribution in [-0.2, 0) is 14.0 Å². The highest BCUT2D eigenvalue weighted by Gasteiger charge is 2.50. The van der Waals surface area contributed by atoms with Gasteiger partial charge in [-0.2, -0.15) is 0 Å². The van der Waals surface area contributed by atoms with Crippen molar-refractivity contribution >= 4 is 48.0 Å². The standard InChI is InChI=1S/C31H36N2O5SSi/c1-31(2,3)40(25-15-9-5-10-16-25,26-17-11-6-12-18-26)37-20-19-27(28(34)35)32-30(39)33-21-24(22-33)38-29(36)23-13-7-4-8-14-23/h4-18,24,27H,19-22H2,1-3H3,(H,32,39)(H,34,35)/t27-/m0/s1. The molecule has 1 saturated heterocycles. The number of rotatable bonds is 10. The average Bonchev–Trinajstić information content (AvgIpc) is 2.92. The lowest BCUT2D eigenvalue weighted by Crippen LogP contribution is -2.66. The first-order chi connectivity index (χ1) is 19.1. The number of hydrogen-bond donors (Lipinski definition) is 2. The Bertz CT molecular complexity index is 1260. The molecule has 0 spiro atoms. The second-order valence-electron chi connectivity index (χ2n) is 10.9. The van der Waals surface area contributed by atoms with Crippen molar-refractivity contribution in [2.45, 2.75) is 44.4 Å². The summed E-state index contributed by atoms with van der Waals surface area (Å²) >= 11 is 5.50. The second-order valence-corrected chi connectivity index (χ2v) is 15.6. The number of nitrogens with one attached hydrogen (secondary N) is 1. The van der Waals surface area contributed by atoms with Gasteiger partial charge in [-0.05, 0) is 39.8 Å². The summed E-state index contributed by atoms with van der Waals surface area (Å²) in [5.74, 6) is -1.38. The number of ether oxygens (including phenoxy) is 1. The molecule has 40 heavy (non-hydrogen) atoms. The fourth-order valence-corrected chi connectivity index (χ4v) is 9.93. The normalized spacial score (nSPS) is 14.6. The van der Waals surface area contributed by atoms with E-state index in [1.165, 1.54) is 0 Å². The number of benzene rings is 3. The number of esters is 1. The van der Waals surface area contributed by atoms with Gasteiger partial charge in [0.25, 0.3) is 8.32 Å². The van der Waals surface area contributed by atoms with Gasteiger partial charge in [-0.3, -0.25) is 0 Å². The summed E-state index contributed by atoms with van der Waals surface area (Å²) in [5.41, 5.74) is 0.494. The van der Waals surface area contributed by atoms with Crippen LogP contribution in [0.15, 0.2) is 91.0 Å². The molecule has 1 aliphatic heterocycles. The highest BCUT2D eigenvalue weighted by atomic mass is 32.1. The van der Waals surface area contributed by atoms with Crippen molar-refractivity contribution < 1.29 is 23.9 Å². The molecule has 3 aromatic carbocycles. The van der Waals surface area contributed by atoms with Crippen molar-refractivity contribution in [3.8, 4) is 0 Å². The summed E-state index contributed by atoms with van der Waals surface area (Å²) in [6.45, 7) is 7.63. The first-order valence-electron chi connectivity index (χ1n) is 13.4. The Morgan fingerprint density at radius 2 is 1.45 bits per heavy atom. The van der Waals surface area contributed by atoms with E-state index < -0.39 is 20.3 Å². The number of carbonyl (C=O) groups is 2. The molecule has 4 rings (SSSR count). The third kappa shape index (κ3) is 6.60. The molecular weight excluding hydrogens is 541 g/mol. The lowest BCUT2D eigenvalue weighted by molar-refractivity contribution is -0.139. The van der Waals surface area contributed by atoms with Gasteiger partial charge < -0.3 is 24.5 Å². The molecule has 1 aliphatic rings. The molecule has 3 aromatic rings. The van der Waals surface area contributed by atoms with Crippen molar-refractivity contribution in [1.82, 2.24) is 10.2 Å². The van der Waals surface area contributed by atoms with Gasteiger partial charge in [0.1, 0.15) is 12.1 Å². The predicted octanol–water partition coefficient (Wildman–Crippen LogP) is 3.82. The molecule has 0 unspecified atom stereocenters. The van der Waals surface area contributed by atoms with Crippen LogP contribution in [0.1, 0.15) is 37.6 Å². The van der Waals surface area contributed by atoms with Gasteiger partial charge in [0.2, 0.25) is 0 Å². The van der Waals surface area contributed by atoms with Crippen LogP contribution in [0, 0.1) is 0 Å². The molecule has 0 saturated carbocycles. The monoisotopic (exact) mass is 576 g/mol.